The van der Waals surface area contributed by atoms with Crippen molar-refractivity contribution in [3.8, 4) is 11.5 Å². The number of hydrogen-bond acceptors (Lipinski definition) is 5. The van der Waals surface area contributed by atoms with Crippen molar-refractivity contribution in [3.63, 3.8) is 0 Å². The highest BCUT2D eigenvalue weighted by molar-refractivity contribution is 9.10. The van der Waals surface area contributed by atoms with Gasteiger partial charge in [-0.25, -0.2) is 9.18 Å². The van der Waals surface area contributed by atoms with Crippen LogP contribution in [0.1, 0.15) is 35.3 Å². The van der Waals surface area contributed by atoms with E-state index in [1.165, 1.54) is 12.1 Å². The summed E-state index contributed by atoms with van der Waals surface area (Å²) in [5, 5.41) is 3.34. The van der Waals surface area contributed by atoms with E-state index in [1.807, 2.05) is 31.2 Å². The predicted molar refractivity (Wildman–Crippen MR) is 126 cm³/mol. The van der Waals surface area contributed by atoms with Gasteiger partial charge >= 0.3 is 5.97 Å². The third-order valence-corrected chi connectivity index (χ3v) is 5.34. The van der Waals surface area contributed by atoms with Crippen LogP contribution in [0, 0.1) is 5.82 Å². The number of halogens is 2. The normalized spacial score (nSPS) is 10.5. The number of carbonyl (C=O) groups excluding carboxylic acids is 1. The zero-order valence-electron chi connectivity index (χ0n) is 18.0. The number of carbonyl (C=O) groups is 1. The Bertz CT molecular complexity index is 1040. The zero-order valence-corrected chi connectivity index (χ0v) is 19.6. The molecule has 3 rings (SSSR count). The van der Waals surface area contributed by atoms with Crippen LogP contribution >= 0.6 is 15.9 Å². The smallest absolute Gasteiger partial charge is 0.338 e. The number of rotatable bonds is 10. The molecule has 0 fully saturated rings. The lowest BCUT2D eigenvalue weighted by atomic mass is 10.1. The number of hydrogen-bond donors (Lipinski definition) is 1. The molecule has 0 aliphatic rings. The third-order valence-electron chi connectivity index (χ3n) is 4.60. The lowest BCUT2D eigenvalue weighted by molar-refractivity contribution is 0.0526. The first-order valence-corrected chi connectivity index (χ1v) is 11.1. The molecule has 0 saturated heterocycles. The Morgan fingerprint density at radius 1 is 0.938 bits per heavy atom. The summed E-state index contributed by atoms with van der Waals surface area (Å²) < 4.78 is 30.7. The van der Waals surface area contributed by atoms with Crippen molar-refractivity contribution < 1.29 is 23.4 Å². The molecular formula is C25H25BrFNO4. The van der Waals surface area contributed by atoms with Crippen LogP contribution in [0.4, 0.5) is 10.1 Å². The van der Waals surface area contributed by atoms with E-state index in [2.05, 4.69) is 21.2 Å². The van der Waals surface area contributed by atoms with Gasteiger partial charge in [0.2, 0.25) is 0 Å². The van der Waals surface area contributed by atoms with Crippen molar-refractivity contribution in [1.82, 2.24) is 0 Å². The fourth-order valence-electron chi connectivity index (χ4n) is 2.97. The highest BCUT2D eigenvalue weighted by atomic mass is 79.9. The van der Waals surface area contributed by atoms with Crippen molar-refractivity contribution in [1.29, 1.82) is 0 Å². The van der Waals surface area contributed by atoms with E-state index in [-0.39, 0.29) is 11.8 Å². The maximum absolute atomic E-state index is 13.1. The summed E-state index contributed by atoms with van der Waals surface area (Å²) in [5.41, 5.74) is 3.23. The lowest BCUT2D eigenvalue weighted by Gasteiger charge is -2.16. The van der Waals surface area contributed by atoms with Crippen LogP contribution in [0.3, 0.4) is 0 Å². The Morgan fingerprint density at radius 3 is 2.28 bits per heavy atom. The minimum Gasteiger partial charge on any atom is -0.490 e. The molecule has 32 heavy (non-hydrogen) atoms. The highest BCUT2D eigenvalue weighted by Gasteiger charge is 2.12. The number of esters is 1. The minimum absolute atomic E-state index is 0.279. The maximum Gasteiger partial charge on any atom is 0.338 e. The Hall–Kier alpha value is -3.06. The fraction of sp³-hybridized carbons (Fsp3) is 0.240. The molecule has 3 aromatic rings. The van der Waals surface area contributed by atoms with Crippen molar-refractivity contribution in [2.75, 3.05) is 18.5 Å². The Labute approximate surface area is 195 Å². The number of nitrogens with one attached hydrogen (secondary N) is 1. The van der Waals surface area contributed by atoms with Gasteiger partial charge in [-0.3, -0.25) is 0 Å². The molecule has 0 atom stereocenters. The standard InChI is InChI=1S/C25H25BrFNO4/c1-3-30-23-13-19(15-28-21-11-7-18(8-12-21)25(29)31-4-2)22(26)14-24(23)32-16-17-5-9-20(27)10-6-17/h5-14,28H,3-4,15-16H2,1-2H3. The highest BCUT2D eigenvalue weighted by Crippen LogP contribution is 2.35. The second kappa shape index (κ2) is 11.5. The summed E-state index contributed by atoms with van der Waals surface area (Å²) in [5.74, 6) is 0.621. The second-order valence-electron chi connectivity index (χ2n) is 6.89. The van der Waals surface area contributed by atoms with E-state index in [0.29, 0.717) is 43.4 Å². The van der Waals surface area contributed by atoms with E-state index in [1.54, 1.807) is 31.2 Å². The van der Waals surface area contributed by atoms with E-state index in [9.17, 15) is 9.18 Å². The molecule has 0 aliphatic heterocycles. The van der Waals surface area contributed by atoms with Gasteiger partial charge in [-0.05, 0) is 73.5 Å². The average Bonchev–Trinajstić information content (AvgIpc) is 2.80. The van der Waals surface area contributed by atoms with Gasteiger partial charge in [0.05, 0.1) is 18.8 Å². The van der Waals surface area contributed by atoms with Gasteiger partial charge in [-0.2, -0.15) is 0 Å². The first-order chi connectivity index (χ1) is 15.5. The van der Waals surface area contributed by atoms with E-state index >= 15 is 0 Å². The van der Waals surface area contributed by atoms with Crippen molar-refractivity contribution in [3.05, 3.63) is 87.6 Å². The summed E-state index contributed by atoms with van der Waals surface area (Å²) in [6.45, 7) is 5.38. The molecule has 0 amide bonds. The van der Waals surface area contributed by atoms with Gasteiger partial charge < -0.3 is 19.5 Å². The first kappa shape index (κ1) is 23.6. The van der Waals surface area contributed by atoms with Crippen molar-refractivity contribution >= 4 is 27.6 Å². The van der Waals surface area contributed by atoms with Crippen LogP contribution in [-0.2, 0) is 17.9 Å². The summed E-state index contributed by atoms with van der Waals surface area (Å²) >= 11 is 3.60. The molecule has 1 N–H and O–H groups in total. The average molecular weight is 502 g/mol. The molecule has 0 heterocycles. The van der Waals surface area contributed by atoms with Gasteiger partial charge in [0, 0.05) is 16.7 Å². The van der Waals surface area contributed by atoms with Crippen LogP contribution in [0.2, 0.25) is 0 Å². The summed E-state index contributed by atoms with van der Waals surface area (Å²) in [7, 11) is 0. The van der Waals surface area contributed by atoms with Crippen LogP contribution in [0.15, 0.2) is 65.1 Å². The fourth-order valence-corrected chi connectivity index (χ4v) is 3.43. The molecule has 0 bridgehead atoms. The zero-order chi connectivity index (χ0) is 22.9. The summed E-state index contributed by atoms with van der Waals surface area (Å²) in [6.07, 6.45) is 0. The molecule has 7 heteroatoms. The molecule has 0 aromatic heterocycles. The Kier molecular flexibility index (Phi) is 8.50. The summed E-state index contributed by atoms with van der Waals surface area (Å²) in [4.78, 5) is 11.8. The molecule has 3 aromatic carbocycles. The van der Waals surface area contributed by atoms with Gasteiger partial charge in [-0.1, -0.05) is 28.1 Å². The number of ether oxygens (including phenoxy) is 3. The molecule has 168 valence electrons. The SMILES string of the molecule is CCOC(=O)c1ccc(NCc2cc(OCC)c(OCc3ccc(F)cc3)cc2Br)cc1. The lowest BCUT2D eigenvalue weighted by Crippen LogP contribution is -2.06. The molecule has 0 spiro atoms. The molecule has 5 nitrogen and oxygen atoms in total. The topological polar surface area (TPSA) is 56.8 Å². The number of benzene rings is 3. The Morgan fingerprint density at radius 2 is 1.62 bits per heavy atom. The molecule has 0 aliphatic carbocycles. The van der Waals surface area contributed by atoms with Gasteiger partial charge in [-0.15, -0.1) is 0 Å². The maximum atomic E-state index is 13.1. The monoisotopic (exact) mass is 501 g/mol. The third kappa shape index (κ3) is 6.47. The van der Waals surface area contributed by atoms with E-state index in [4.69, 9.17) is 14.2 Å². The molecule has 0 radical (unpaired) electrons. The van der Waals surface area contributed by atoms with Crippen molar-refractivity contribution in [2.24, 2.45) is 0 Å². The number of anilines is 1. The predicted octanol–water partition coefficient (Wildman–Crippen LogP) is 6.35. The van der Waals surface area contributed by atoms with Crippen LogP contribution < -0.4 is 14.8 Å². The van der Waals surface area contributed by atoms with E-state index in [0.717, 1.165) is 21.3 Å². The van der Waals surface area contributed by atoms with Gasteiger partial charge in [0.25, 0.3) is 0 Å². The van der Waals surface area contributed by atoms with Gasteiger partial charge in [0.1, 0.15) is 12.4 Å². The first-order valence-electron chi connectivity index (χ1n) is 10.3. The van der Waals surface area contributed by atoms with Gasteiger partial charge in [0.15, 0.2) is 11.5 Å². The van der Waals surface area contributed by atoms with Crippen LogP contribution in [0.25, 0.3) is 0 Å². The minimum atomic E-state index is -0.334. The molecular weight excluding hydrogens is 477 g/mol. The van der Waals surface area contributed by atoms with Crippen LogP contribution in [-0.4, -0.2) is 19.2 Å². The molecule has 0 unspecified atom stereocenters. The van der Waals surface area contributed by atoms with Crippen LogP contribution in [0.5, 0.6) is 11.5 Å². The second-order valence-corrected chi connectivity index (χ2v) is 7.74. The van der Waals surface area contributed by atoms with Crippen molar-refractivity contribution in [2.45, 2.75) is 27.0 Å². The molecule has 0 saturated carbocycles. The quantitative estimate of drug-likeness (QED) is 0.327. The summed E-state index contributed by atoms with van der Waals surface area (Å²) in [6, 6.07) is 17.1. The Balaban J connectivity index is 1.68. The van der Waals surface area contributed by atoms with E-state index < -0.39 is 0 Å². The largest absolute Gasteiger partial charge is 0.490 e.